The molecule has 1 aliphatic heterocycles. The summed E-state index contributed by atoms with van der Waals surface area (Å²) in [6, 6.07) is 1.40. The topological polar surface area (TPSA) is 56.3 Å². The maximum absolute atomic E-state index is 11.0. The summed E-state index contributed by atoms with van der Waals surface area (Å²) in [7, 11) is 0. The van der Waals surface area contributed by atoms with E-state index in [1.165, 1.54) is 6.07 Å². The predicted molar refractivity (Wildman–Crippen MR) is 43.7 cm³/mol. The highest BCUT2D eigenvalue weighted by molar-refractivity contribution is 6.32. The van der Waals surface area contributed by atoms with Gasteiger partial charge in [-0.2, -0.15) is 0 Å². The molecule has 0 saturated carbocycles. The summed E-state index contributed by atoms with van der Waals surface area (Å²) in [5, 5.41) is 0.352. The molecule has 1 aromatic rings. The van der Waals surface area contributed by atoms with Gasteiger partial charge in [-0.25, -0.2) is 14.6 Å². The Bertz CT molecular complexity index is 389. The van der Waals surface area contributed by atoms with E-state index in [9.17, 15) is 9.59 Å². The van der Waals surface area contributed by atoms with Gasteiger partial charge in [0, 0.05) is 0 Å². The van der Waals surface area contributed by atoms with Crippen molar-refractivity contribution in [3.05, 3.63) is 28.0 Å². The van der Waals surface area contributed by atoms with E-state index in [1.807, 2.05) is 0 Å². The van der Waals surface area contributed by atoms with Gasteiger partial charge in [0.05, 0.1) is 16.3 Å². The Morgan fingerprint density at radius 3 is 2.77 bits per heavy atom. The van der Waals surface area contributed by atoms with E-state index in [2.05, 4.69) is 9.72 Å². The van der Waals surface area contributed by atoms with Crippen molar-refractivity contribution < 1.29 is 14.3 Å². The molecule has 0 N–H and O–H groups in total. The first-order valence-corrected chi connectivity index (χ1v) is 3.91. The fraction of sp³-hybridized carbons (Fsp3) is 0.125. The standard InChI is InChI=1S/C8H4ClNO3/c1-3-5(9)2-4-6(10-3)8(12)13-7(4)11/h2H,1H3. The molecule has 66 valence electrons. The first kappa shape index (κ1) is 8.19. The second kappa shape index (κ2) is 2.53. The third-order valence-corrected chi connectivity index (χ3v) is 2.13. The smallest absolute Gasteiger partial charge is 0.365 e. The molecule has 0 radical (unpaired) electrons. The van der Waals surface area contributed by atoms with Crippen molar-refractivity contribution in [3.8, 4) is 0 Å². The third-order valence-electron chi connectivity index (χ3n) is 1.75. The number of pyridine rings is 1. The second-order valence-electron chi connectivity index (χ2n) is 2.63. The molecule has 0 aliphatic carbocycles. The van der Waals surface area contributed by atoms with Crippen LogP contribution in [-0.2, 0) is 4.74 Å². The normalized spacial score (nSPS) is 14.3. The van der Waals surface area contributed by atoms with Crippen molar-refractivity contribution in [2.24, 2.45) is 0 Å². The van der Waals surface area contributed by atoms with Gasteiger partial charge in [0.2, 0.25) is 0 Å². The lowest BCUT2D eigenvalue weighted by Gasteiger charge is -1.96. The van der Waals surface area contributed by atoms with Gasteiger partial charge in [-0.15, -0.1) is 0 Å². The quantitative estimate of drug-likeness (QED) is 0.465. The number of ether oxygens (including phenoxy) is 1. The lowest BCUT2D eigenvalue weighted by molar-refractivity contribution is 0.0441. The molecule has 1 aliphatic rings. The Morgan fingerprint density at radius 2 is 2.08 bits per heavy atom. The molecular formula is C8H4ClNO3. The fourth-order valence-electron chi connectivity index (χ4n) is 1.08. The molecule has 4 nitrogen and oxygen atoms in total. The number of rotatable bonds is 0. The molecule has 5 heteroatoms. The highest BCUT2D eigenvalue weighted by Gasteiger charge is 2.31. The first-order chi connectivity index (χ1) is 6.09. The summed E-state index contributed by atoms with van der Waals surface area (Å²) in [4.78, 5) is 25.8. The van der Waals surface area contributed by atoms with Crippen molar-refractivity contribution in [1.29, 1.82) is 0 Å². The molecule has 0 fully saturated rings. The number of aryl methyl sites for hydroxylation is 1. The zero-order valence-electron chi connectivity index (χ0n) is 6.63. The van der Waals surface area contributed by atoms with Crippen LogP contribution in [0, 0.1) is 6.92 Å². The highest BCUT2D eigenvalue weighted by Crippen LogP contribution is 2.23. The van der Waals surface area contributed by atoms with Gasteiger partial charge in [0.15, 0.2) is 5.69 Å². The van der Waals surface area contributed by atoms with Crippen LogP contribution in [0.4, 0.5) is 0 Å². The summed E-state index contributed by atoms with van der Waals surface area (Å²) in [6.07, 6.45) is 0. The number of carbonyl (C=O) groups is 2. The monoisotopic (exact) mass is 197 g/mol. The van der Waals surface area contributed by atoms with Gasteiger partial charge in [0.25, 0.3) is 0 Å². The molecule has 13 heavy (non-hydrogen) atoms. The highest BCUT2D eigenvalue weighted by atomic mass is 35.5. The molecule has 0 bridgehead atoms. The number of hydrogen-bond donors (Lipinski definition) is 0. The van der Waals surface area contributed by atoms with Gasteiger partial charge in [-0.1, -0.05) is 11.6 Å². The molecule has 0 spiro atoms. The SMILES string of the molecule is Cc1nc2c(cc1Cl)C(=O)OC2=O. The Morgan fingerprint density at radius 1 is 1.38 bits per heavy atom. The molecule has 0 unspecified atom stereocenters. The third kappa shape index (κ3) is 1.10. The van der Waals surface area contributed by atoms with E-state index in [0.29, 0.717) is 10.7 Å². The number of fused-ring (bicyclic) bond motifs is 1. The molecule has 0 aromatic carbocycles. The average molecular weight is 198 g/mol. The lowest BCUT2D eigenvalue weighted by atomic mass is 10.2. The lowest BCUT2D eigenvalue weighted by Crippen LogP contribution is -1.99. The van der Waals surface area contributed by atoms with E-state index in [0.717, 1.165) is 0 Å². The molecule has 0 saturated heterocycles. The minimum Gasteiger partial charge on any atom is -0.384 e. The number of cyclic esters (lactones) is 2. The van der Waals surface area contributed by atoms with Crippen LogP contribution in [0.15, 0.2) is 6.07 Å². The zero-order chi connectivity index (χ0) is 9.59. The minimum atomic E-state index is -0.709. The van der Waals surface area contributed by atoms with Crippen molar-refractivity contribution in [1.82, 2.24) is 4.98 Å². The van der Waals surface area contributed by atoms with Crippen molar-refractivity contribution >= 4 is 23.5 Å². The molecule has 2 heterocycles. The number of halogens is 1. The summed E-state index contributed by atoms with van der Waals surface area (Å²) in [6.45, 7) is 1.65. The summed E-state index contributed by atoms with van der Waals surface area (Å²) in [5.74, 6) is -1.39. The molecular weight excluding hydrogens is 194 g/mol. The fourth-order valence-corrected chi connectivity index (χ4v) is 1.23. The molecule has 0 amide bonds. The Balaban J connectivity index is 2.72. The summed E-state index contributed by atoms with van der Waals surface area (Å²) < 4.78 is 4.34. The van der Waals surface area contributed by atoms with Crippen LogP contribution in [0.25, 0.3) is 0 Å². The van der Waals surface area contributed by atoms with Crippen LogP contribution >= 0.6 is 11.6 Å². The Hall–Kier alpha value is -1.42. The predicted octanol–water partition coefficient (Wildman–Crippen LogP) is 1.35. The number of aromatic nitrogens is 1. The van der Waals surface area contributed by atoms with Crippen molar-refractivity contribution in [3.63, 3.8) is 0 Å². The minimum absolute atomic E-state index is 0.0481. The van der Waals surface area contributed by atoms with Gasteiger partial charge in [-0.3, -0.25) is 0 Å². The van der Waals surface area contributed by atoms with E-state index in [4.69, 9.17) is 11.6 Å². The number of esters is 2. The average Bonchev–Trinajstić information content (AvgIpc) is 2.31. The van der Waals surface area contributed by atoms with Gasteiger partial charge >= 0.3 is 11.9 Å². The summed E-state index contributed by atoms with van der Waals surface area (Å²) >= 11 is 5.72. The van der Waals surface area contributed by atoms with Crippen LogP contribution in [0.2, 0.25) is 5.02 Å². The van der Waals surface area contributed by atoms with Crippen LogP contribution in [0.5, 0.6) is 0 Å². The van der Waals surface area contributed by atoms with Gasteiger partial charge in [-0.05, 0) is 13.0 Å². The van der Waals surface area contributed by atoms with Crippen molar-refractivity contribution in [2.75, 3.05) is 0 Å². The van der Waals surface area contributed by atoms with Crippen molar-refractivity contribution in [2.45, 2.75) is 6.92 Å². The van der Waals surface area contributed by atoms with E-state index < -0.39 is 11.9 Å². The Kier molecular flexibility index (Phi) is 1.60. The zero-order valence-corrected chi connectivity index (χ0v) is 7.38. The van der Waals surface area contributed by atoms with Gasteiger partial charge < -0.3 is 4.74 Å². The van der Waals surface area contributed by atoms with Crippen LogP contribution in [0.1, 0.15) is 26.5 Å². The Labute approximate surface area is 78.5 Å². The van der Waals surface area contributed by atoms with Gasteiger partial charge in [0.1, 0.15) is 0 Å². The van der Waals surface area contributed by atoms with E-state index in [1.54, 1.807) is 6.92 Å². The van der Waals surface area contributed by atoms with E-state index in [-0.39, 0.29) is 11.3 Å². The number of hydrogen-bond acceptors (Lipinski definition) is 4. The second-order valence-corrected chi connectivity index (χ2v) is 3.04. The summed E-state index contributed by atoms with van der Waals surface area (Å²) in [5.41, 5.74) is 0.694. The molecule has 0 atom stereocenters. The molecule has 2 rings (SSSR count). The van der Waals surface area contributed by atoms with Crippen LogP contribution < -0.4 is 0 Å². The molecule has 1 aromatic heterocycles. The maximum atomic E-state index is 11.0. The van der Waals surface area contributed by atoms with E-state index >= 15 is 0 Å². The number of carbonyl (C=O) groups excluding carboxylic acids is 2. The number of nitrogens with zero attached hydrogens (tertiary/aromatic N) is 1. The maximum Gasteiger partial charge on any atom is 0.365 e. The largest absolute Gasteiger partial charge is 0.384 e. The van der Waals surface area contributed by atoms with Crippen LogP contribution in [-0.4, -0.2) is 16.9 Å². The van der Waals surface area contributed by atoms with Crippen LogP contribution in [0.3, 0.4) is 0 Å². The first-order valence-electron chi connectivity index (χ1n) is 3.53.